The van der Waals surface area contributed by atoms with Gasteiger partial charge in [-0.1, -0.05) is 24.3 Å². The van der Waals surface area contributed by atoms with E-state index in [0.717, 1.165) is 24.8 Å². The number of aromatic nitrogens is 1. The van der Waals surface area contributed by atoms with E-state index in [-0.39, 0.29) is 11.3 Å². The van der Waals surface area contributed by atoms with Crippen molar-refractivity contribution >= 4 is 21.6 Å². The summed E-state index contributed by atoms with van der Waals surface area (Å²) in [6, 6.07) is 10.2. The fourth-order valence-electron chi connectivity index (χ4n) is 3.47. The van der Waals surface area contributed by atoms with Crippen LogP contribution in [0.5, 0.6) is 5.75 Å². The second-order valence-corrected chi connectivity index (χ2v) is 6.77. The molecule has 0 spiro atoms. The maximum atomic E-state index is 11.8. The summed E-state index contributed by atoms with van der Waals surface area (Å²) < 4.78 is 0. The van der Waals surface area contributed by atoms with Gasteiger partial charge < -0.3 is 10.1 Å². The molecule has 0 saturated carbocycles. The molecule has 0 aliphatic heterocycles. The van der Waals surface area contributed by atoms with Gasteiger partial charge in [0, 0.05) is 0 Å². The highest BCUT2D eigenvalue weighted by Gasteiger charge is 2.25. The third-order valence-electron chi connectivity index (χ3n) is 4.65. The standard InChI is InChI=1S/C18H14N2O2S/c19-8-13-16(21)15-14(9-23-18(15)20-17(13)22)12-6-5-10-3-1-2-4-11(10)7-12/h1-4,9,12H,5-7H2,(H2,20,21,22). The van der Waals surface area contributed by atoms with Crippen molar-refractivity contribution in [3.8, 4) is 11.8 Å². The number of fused-ring (bicyclic) bond motifs is 2. The van der Waals surface area contributed by atoms with Gasteiger partial charge in [-0.3, -0.25) is 4.79 Å². The Labute approximate surface area is 136 Å². The van der Waals surface area contributed by atoms with E-state index in [4.69, 9.17) is 5.26 Å². The molecular formula is C18H14N2O2S. The van der Waals surface area contributed by atoms with Crippen LogP contribution in [0, 0.1) is 11.3 Å². The maximum absolute atomic E-state index is 11.8. The van der Waals surface area contributed by atoms with Gasteiger partial charge in [-0.05, 0) is 47.3 Å². The van der Waals surface area contributed by atoms with Gasteiger partial charge in [-0.15, -0.1) is 11.3 Å². The summed E-state index contributed by atoms with van der Waals surface area (Å²) in [5.41, 5.74) is 3.03. The zero-order valence-corrected chi connectivity index (χ0v) is 13.1. The van der Waals surface area contributed by atoms with Gasteiger partial charge in [0.1, 0.15) is 16.6 Å². The average Bonchev–Trinajstić information content (AvgIpc) is 2.98. The molecule has 2 aromatic heterocycles. The summed E-state index contributed by atoms with van der Waals surface area (Å²) in [4.78, 5) is 15.2. The van der Waals surface area contributed by atoms with Crippen LogP contribution >= 0.6 is 11.3 Å². The molecule has 2 N–H and O–H groups in total. The molecule has 1 aromatic carbocycles. The lowest BCUT2D eigenvalue weighted by Gasteiger charge is -2.24. The topological polar surface area (TPSA) is 76.9 Å². The Morgan fingerprint density at radius 3 is 2.87 bits per heavy atom. The Balaban J connectivity index is 1.85. The second-order valence-electron chi connectivity index (χ2n) is 5.89. The lowest BCUT2D eigenvalue weighted by atomic mass is 9.80. The molecule has 0 saturated heterocycles. The van der Waals surface area contributed by atoms with Crippen LogP contribution in [0.3, 0.4) is 0 Å². The van der Waals surface area contributed by atoms with Crippen LogP contribution in [0.1, 0.15) is 34.6 Å². The Kier molecular flexibility index (Phi) is 3.21. The smallest absolute Gasteiger partial charge is 0.270 e. The van der Waals surface area contributed by atoms with Crippen molar-refractivity contribution < 1.29 is 5.11 Å². The second kappa shape index (κ2) is 5.25. The number of thiophene rings is 1. The third-order valence-corrected chi connectivity index (χ3v) is 5.56. The van der Waals surface area contributed by atoms with E-state index in [9.17, 15) is 9.90 Å². The number of aromatic amines is 1. The van der Waals surface area contributed by atoms with Gasteiger partial charge in [0.25, 0.3) is 5.56 Å². The Morgan fingerprint density at radius 1 is 1.30 bits per heavy atom. The molecule has 0 radical (unpaired) electrons. The molecular weight excluding hydrogens is 308 g/mol. The number of hydrogen-bond donors (Lipinski definition) is 2. The Hall–Kier alpha value is -2.58. The monoisotopic (exact) mass is 322 g/mol. The van der Waals surface area contributed by atoms with Crippen molar-refractivity contribution in [1.29, 1.82) is 5.26 Å². The van der Waals surface area contributed by atoms with Gasteiger partial charge in [0.15, 0.2) is 5.56 Å². The fraction of sp³-hybridized carbons (Fsp3) is 0.222. The molecule has 2 heterocycles. The summed E-state index contributed by atoms with van der Waals surface area (Å²) in [7, 11) is 0. The number of rotatable bonds is 1. The van der Waals surface area contributed by atoms with E-state index in [1.807, 2.05) is 5.38 Å². The molecule has 0 bridgehead atoms. The van der Waals surface area contributed by atoms with E-state index < -0.39 is 5.56 Å². The van der Waals surface area contributed by atoms with Crippen LogP contribution < -0.4 is 5.56 Å². The molecule has 1 atom stereocenters. The molecule has 3 aromatic rings. The molecule has 5 heteroatoms. The fourth-order valence-corrected chi connectivity index (χ4v) is 4.51. The lowest BCUT2D eigenvalue weighted by molar-refractivity contribution is 0.477. The quantitative estimate of drug-likeness (QED) is 0.720. The molecule has 1 aliphatic rings. The summed E-state index contributed by atoms with van der Waals surface area (Å²) in [5, 5.41) is 22.1. The van der Waals surface area contributed by atoms with E-state index in [0.29, 0.717) is 16.1 Å². The van der Waals surface area contributed by atoms with E-state index in [1.165, 1.54) is 22.5 Å². The van der Waals surface area contributed by atoms with Gasteiger partial charge in [0.05, 0.1) is 5.39 Å². The molecule has 1 unspecified atom stereocenters. The minimum absolute atomic E-state index is 0.179. The minimum Gasteiger partial charge on any atom is -0.506 e. The van der Waals surface area contributed by atoms with Gasteiger partial charge in [-0.2, -0.15) is 5.26 Å². The number of hydrogen-bond acceptors (Lipinski definition) is 4. The number of H-pyrrole nitrogens is 1. The van der Waals surface area contributed by atoms with Crippen LogP contribution in [0.2, 0.25) is 0 Å². The van der Waals surface area contributed by atoms with Crippen LogP contribution in [0.25, 0.3) is 10.2 Å². The summed E-state index contributed by atoms with van der Waals surface area (Å²) in [6.07, 6.45) is 2.93. The highest BCUT2D eigenvalue weighted by atomic mass is 32.1. The number of aryl methyl sites for hydroxylation is 1. The molecule has 114 valence electrons. The van der Waals surface area contributed by atoms with Crippen molar-refractivity contribution in [2.75, 3.05) is 0 Å². The highest BCUT2D eigenvalue weighted by Crippen LogP contribution is 2.41. The average molecular weight is 322 g/mol. The zero-order chi connectivity index (χ0) is 16.0. The maximum Gasteiger partial charge on any atom is 0.270 e. The molecule has 4 rings (SSSR count). The Morgan fingerprint density at radius 2 is 2.09 bits per heavy atom. The van der Waals surface area contributed by atoms with Crippen LogP contribution in [-0.4, -0.2) is 10.1 Å². The van der Waals surface area contributed by atoms with Crippen LogP contribution in [0.15, 0.2) is 34.4 Å². The van der Waals surface area contributed by atoms with E-state index in [1.54, 1.807) is 6.07 Å². The first-order chi connectivity index (χ1) is 11.2. The number of aromatic hydroxyl groups is 1. The highest BCUT2D eigenvalue weighted by molar-refractivity contribution is 7.17. The number of nitrogens with zero attached hydrogens (tertiary/aromatic N) is 1. The first kappa shape index (κ1) is 14.0. The molecule has 23 heavy (non-hydrogen) atoms. The van der Waals surface area contributed by atoms with Gasteiger partial charge >= 0.3 is 0 Å². The molecule has 0 fully saturated rings. The minimum atomic E-state index is -0.528. The number of pyridine rings is 1. The predicted octanol–water partition coefficient (Wildman–Crippen LogP) is 3.44. The van der Waals surface area contributed by atoms with Crippen molar-refractivity contribution in [2.24, 2.45) is 0 Å². The zero-order valence-electron chi connectivity index (χ0n) is 12.3. The normalized spacial score (nSPS) is 16.9. The van der Waals surface area contributed by atoms with E-state index in [2.05, 4.69) is 29.2 Å². The number of nitriles is 1. The third kappa shape index (κ3) is 2.14. The predicted molar refractivity (Wildman–Crippen MR) is 90.0 cm³/mol. The van der Waals surface area contributed by atoms with Crippen LogP contribution in [0.4, 0.5) is 0 Å². The lowest BCUT2D eigenvalue weighted by Crippen LogP contribution is -2.13. The Bertz CT molecular complexity index is 1010. The first-order valence-electron chi connectivity index (χ1n) is 7.52. The van der Waals surface area contributed by atoms with Gasteiger partial charge in [0.2, 0.25) is 0 Å². The van der Waals surface area contributed by atoms with Crippen molar-refractivity contribution in [2.45, 2.75) is 25.2 Å². The number of nitrogens with one attached hydrogen (secondary N) is 1. The van der Waals surface area contributed by atoms with Crippen molar-refractivity contribution in [3.63, 3.8) is 0 Å². The van der Waals surface area contributed by atoms with Crippen molar-refractivity contribution in [1.82, 2.24) is 4.98 Å². The molecule has 1 aliphatic carbocycles. The SMILES string of the molecule is N#Cc1c(O)c2c(C3CCc4ccccc4C3)csc2[nH]c1=O. The number of benzene rings is 1. The first-order valence-corrected chi connectivity index (χ1v) is 8.40. The summed E-state index contributed by atoms with van der Waals surface area (Å²) >= 11 is 1.41. The van der Waals surface area contributed by atoms with Crippen molar-refractivity contribution in [3.05, 3.63) is 62.3 Å². The molecule has 0 amide bonds. The summed E-state index contributed by atoms with van der Waals surface area (Å²) in [5.74, 6) is 0.114. The largest absolute Gasteiger partial charge is 0.506 e. The summed E-state index contributed by atoms with van der Waals surface area (Å²) in [6.45, 7) is 0. The van der Waals surface area contributed by atoms with E-state index >= 15 is 0 Å². The van der Waals surface area contributed by atoms with Crippen LogP contribution in [-0.2, 0) is 12.8 Å². The van der Waals surface area contributed by atoms with Gasteiger partial charge in [-0.25, -0.2) is 0 Å². The molecule has 4 nitrogen and oxygen atoms in total.